The van der Waals surface area contributed by atoms with Crippen molar-refractivity contribution >= 4 is 0 Å². The summed E-state index contributed by atoms with van der Waals surface area (Å²) in [5.41, 5.74) is 4.28. The Morgan fingerprint density at radius 3 is 2.32 bits per heavy atom. The third kappa shape index (κ3) is 4.41. The minimum atomic E-state index is 0.330. The van der Waals surface area contributed by atoms with Crippen LogP contribution in [0.1, 0.15) is 43.1 Å². The van der Waals surface area contributed by atoms with Gasteiger partial charge in [-0.3, -0.25) is 0 Å². The van der Waals surface area contributed by atoms with Crippen molar-refractivity contribution in [2.75, 3.05) is 0 Å². The average molecular weight is 410 g/mol. The molecule has 0 aliphatic heterocycles. The maximum atomic E-state index is 9.80. The predicted octanol–water partition coefficient (Wildman–Crippen LogP) is 7.23. The summed E-state index contributed by atoms with van der Waals surface area (Å²) in [6.45, 7) is 0. The molecule has 0 amide bonds. The summed E-state index contributed by atoms with van der Waals surface area (Å²) in [7, 11) is 0. The topological polar surface area (TPSA) is 46.3 Å². The Labute approximate surface area is 183 Å². The molecule has 1 heterocycles. The van der Waals surface area contributed by atoms with E-state index in [0.29, 0.717) is 17.6 Å². The van der Waals surface area contributed by atoms with E-state index < -0.39 is 0 Å². The minimum absolute atomic E-state index is 0.330. The van der Waals surface area contributed by atoms with Gasteiger partial charge in [-0.15, -0.1) is 0 Å². The maximum Gasteiger partial charge on any atom is 0.198 e. The quantitative estimate of drug-likeness (QED) is 0.378. The summed E-state index contributed by atoms with van der Waals surface area (Å²) >= 11 is 0. The van der Waals surface area contributed by atoms with Crippen LogP contribution in [-0.4, -0.2) is 10.1 Å². The highest BCUT2D eigenvalue weighted by molar-refractivity contribution is 5.76. The second kappa shape index (κ2) is 8.81. The van der Waals surface area contributed by atoms with Crippen LogP contribution >= 0.6 is 0 Å². The van der Waals surface area contributed by atoms with E-state index in [0.717, 1.165) is 47.7 Å². The minimum Gasteiger partial charge on any atom is -0.508 e. The molecule has 1 saturated carbocycles. The second-order valence-corrected chi connectivity index (χ2v) is 8.57. The smallest absolute Gasteiger partial charge is 0.198 e. The summed E-state index contributed by atoms with van der Waals surface area (Å²) in [5, 5.41) is 9.80. The maximum absolute atomic E-state index is 9.80. The summed E-state index contributed by atoms with van der Waals surface area (Å²) in [6, 6.07) is 28.2. The summed E-state index contributed by atoms with van der Waals surface area (Å²) in [5.74, 6) is 2.97. The Kier molecular flexibility index (Phi) is 5.57. The molecular formula is C28H27NO2. The number of aromatic hydroxyl groups is 1. The van der Waals surface area contributed by atoms with Crippen molar-refractivity contribution in [3.8, 4) is 28.3 Å². The number of hydrogen-bond donors (Lipinski definition) is 1. The molecule has 3 heteroatoms. The van der Waals surface area contributed by atoms with Gasteiger partial charge in [0, 0.05) is 17.0 Å². The number of hydrogen-bond acceptors (Lipinski definition) is 3. The predicted molar refractivity (Wildman–Crippen MR) is 124 cm³/mol. The van der Waals surface area contributed by atoms with Gasteiger partial charge in [-0.1, -0.05) is 85.6 Å². The molecule has 0 bridgehead atoms. The number of oxazole rings is 1. The first-order valence-electron chi connectivity index (χ1n) is 11.2. The summed E-state index contributed by atoms with van der Waals surface area (Å²) in [6.07, 6.45) is 5.56. The molecule has 0 saturated heterocycles. The average Bonchev–Trinajstić information content (AvgIpc) is 3.26. The molecule has 5 rings (SSSR count). The van der Waals surface area contributed by atoms with Gasteiger partial charge >= 0.3 is 0 Å². The number of benzene rings is 3. The van der Waals surface area contributed by atoms with Gasteiger partial charge in [0.25, 0.3) is 0 Å². The van der Waals surface area contributed by atoms with Gasteiger partial charge < -0.3 is 9.52 Å². The van der Waals surface area contributed by atoms with Crippen molar-refractivity contribution in [2.45, 2.75) is 38.0 Å². The standard InChI is InChI=1S/C28H27NO2/c30-25-16-8-10-21(19-25)17-20-9-7-15-24(18-20)28-29-26(22-11-3-1-4-12-22)27(31-28)23-13-5-2-6-14-23/h1-6,8,10-14,16,19-20,24,30H,7,9,15,17-18H2. The third-order valence-corrected chi connectivity index (χ3v) is 6.29. The van der Waals surface area contributed by atoms with Gasteiger partial charge in [-0.25, -0.2) is 4.98 Å². The fourth-order valence-electron chi connectivity index (χ4n) is 4.81. The number of rotatable bonds is 5. The summed E-state index contributed by atoms with van der Waals surface area (Å²) < 4.78 is 6.46. The van der Waals surface area contributed by atoms with E-state index in [4.69, 9.17) is 9.40 Å². The van der Waals surface area contributed by atoms with E-state index in [2.05, 4.69) is 30.3 Å². The zero-order valence-electron chi connectivity index (χ0n) is 17.6. The molecule has 1 fully saturated rings. The molecule has 1 aliphatic carbocycles. The van der Waals surface area contributed by atoms with Crippen LogP contribution in [0.2, 0.25) is 0 Å². The fourth-order valence-corrected chi connectivity index (χ4v) is 4.81. The molecule has 31 heavy (non-hydrogen) atoms. The number of phenolic OH excluding ortho intramolecular Hbond substituents is 1. The first kappa shape index (κ1) is 19.6. The Morgan fingerprint density at radius 1 is 0.839 bits per heavy atom. The van der Waals surface area contributed by atoms with Crippen molar-refractivity contribution in [1.29, 1.82) is 0 Å². The van der Waals surface area contributed by atoms with Crippen LogP contribution < -0.4 is 0 Å². The van der Waals surface area contributed by atoms with Gasteiger partial charge in [0.1, 0.15) is 11.4 Å². The van der Waals surface area contributed by atoms with Crippen molar-refractivity contribution in [2.24, 2.45) is 5.92 Å². The Hall–Kier alpha value is -3.33. The number of phenols is 1. The van der Waals surface area contributed by atoms with Crippen LogP contribution in [0.25, 0.3) is 22.6 Å². The normalized spacial score (nSPS) is 18.7. The number of nitrogens with zero attached hydrogens (tertiary/aromatic N) is 1. The largest absolute Gasteiger partial charge is 0.508 e. The molecule has 1 aromatic heterocycles. The van der Waals surface area contributed by atoms with Crippen LogP contribution in [0.4, 0.5) is 0 Å². The fraction of sp³-hybridized carbons (Fsp3) is 0.250. The van der Waals surface area contributed by atoms with Crippen LogP contribution in [0.15, 0.2) is 89.3 Å². The highest BCUT2D eigenvalue weighted by atomic mass is 16.4. The second-order valence-electron chi connectivity index (χ2n) is 8.57. The molecule has 0 radical (unpaired) electrons. The SMILES string of the molecule is Oc1cccc(CC2CCCC(c3nc(-c4ccccc4)c(-c4ccccc4)o3)C2)c1. The Balaban J connectivity index is 1.44. The lowest BCUT2D eigenvalue weighted by atomic mass is 9.78. The van der Waals surface area contributed by atoms with Crippen LogP contribution in [0, 0.1) is 5.92 Å². The molecule has 2 atom stereocenters. The van der Waals surface area contributed by atoms with Crippen LogP contribution in [0.5, 0.6) is 5.75 Å². The third-order valence-electron chi connectivity index (χ3n) is 6.29. The molecule has 156 valence electrons. The molecular weight excluding hydrogens is 382 g/mol. The van der Waals surface area contributed by atoms with Gasteiger partial charge in [0.05, 0.1) is 0 Å². The van der Waals surface area contributed by atoms with Crippen LogP contribution in [0.3, 0.4) is 0 Å². The van der Waals surface area contributed by atoms with Crippen LogP contribution in [-0.2, 0) is 6.42 Å². The lowest BCUT2D eigenvalue weighted by Crippen LogP contribution is -2.16. The van der Waals surface area contributed by atoms with E-state index in [1.807, 2.05) is 48.5 Å². The zero-order chi connectivity index (χ0) is 21.0. The van der Waals surface area contributed by atoms with Gasteiger partial charge in [0.15, 0.2) is 11.7 Å². The van der Waals surface area contributed by atoms with Crippen molar-refractivity contribution in [3.05, 3.63) is 96.4 Å². The van der Waals surface area contributed by atoms with E-state index in [1.54, 1.807) is 6.07 Å². The lowest BCUT2D eigenvalue weighted by Gasteiger charge is -2.27. The van der Waals surface area contributed by atoms with Crippen molar-refractivity contribution < 1.29 is 9.52 Å². The van der Waals surface area contributed by atoms with Crippen molar-refractivity contribution in [3.63, 3.8) is 0 Å². The molecule has 2 unspecified atom stereocenters. The van der Waals surface area contributed by atoms with Gasteiger partial charge in [0.2, 0.25) is 0 Å². The molecule has 1 aliphatic rings. The van der Waals surface area contributed by atoms with E-state index in [1.165, 1.54) is 18.4 Å². The molecule has 3 nitrogen and oxygen atoms in total. The molecule has 4 aromatic rings. The Morgan fingerprint density at radius 2 is 1.58 bits per heavy atom. The zero-order valence-corrected chi connectivity index (χ0v) is 17.6. The monoisotopic (exact) mass is 409 g/mol. The highest BCUT2D eigenvalue weighted by Gasteiger charge is 2.29. The Bertz CT molecular complexity index is 1080. The van der Waals surface area contributed by atoms with Crippen molar-refractivity contribution in [1.82, 2.24) is 4.98 Å². The van der Waals surface area contributed by atoms with E-state index >= 15 is 0 Å². The molecule has 1 N–H and O–H groups in total. The summed E-state index contributed by atoms with van der Waals surface area (Å²) in [4.78, 5) is 5.03. The molecule has 0 spiro atoms. The first-order chi connectivity index (χ1) is 15.3. The molecule has 3 aromatic carbocycles. The van der Waals surface area contributed by atoms with E-state index in [-0.39, 0.29) is 0 Å². The number of aromatic nitrogens is 1. The van der Waals surface area contributed by atoms with Gasteiger partial charge in [-0.2, -0.15) is 0 Å². The first-order valence-corrected chi connectivity index (χ1v) is 11.2. The van der Waals surface area contributed by atoms with E-state index in [9.17, 15) is 5.11 Å². The lowest BCUT2D eigenvalue weighted by molar-refractivity contribution is 0.286. The van der Waals surface area contributed by atoms with Gasteiger partial charge in [-0.05, 0) is 42.9 Å². The highest BCUT2D eigenvalue weighted by Crippen LogP contribution is 2.41.